The lowest BCUT2D eigenvalue weighted by molar-refractivity contribution is -0.144. The van der Waals surface area contributed by atoms with E-state index >= 15 is 0 Å². The van der Waals surface area contributed by atoms with Gasteiger partial charge in [0.2, 0.25) is 0 Å². The molecule has 0 spiro atoms. The van der Waals surface area contributed by atoms with Crippen molar-refractivity contribution in [1.82, 2.24) is 5.32 Å². The molecule has 0 aromatic heterocycles. The van der Waals surface area contributed by atoms with E-state index in [1.54, 1.807) is 0 Å². The molecule has 0 bridgehead atoms. The van der Waals surface area contributed by atoms with E-state index in [0.29, 0.717) is 18.9 Å². The predicted molar refractivity (Wildman–Crippen MR) is 72.6 cm³/mol. The van der Waals surface area contributed by atoms with Crippen LogP contribution >= 0.6 is 11.6 Å². The molecular weight excluding hydrogens is 325 g/mol. The number of carbonyl (C=O) groups is 2. The zero-order valence-corrected chi connectivity index (χ0v) is 12.1. The molecule has 2 rings (SSSR count). The van der Waals surface area contributed by atoms with Gasteiger partial charge in [0.25, 0.3) is 0 Å². The first-order valence-electron chi connectivity index (χ1n) is 6.22. The molecule has 1 aromatic rings. The van der Waals surface area contributed by atoms with E-state index < -0.39 is 29.3 Å². The molecule has 2 N–H and O–H groups in total. The first kappa shape index (κ1) is 16.4. The van der Waals surface area contributed by atoms with Crippen molar-refractivity contribution in [2.75, 3.05) is 12.4 Å². The zero-order chi connectivity index (χ0) is 16.5. The van der Waals surface area contributed by atoms with Crippen LogP contribution < -0.4 is 10.6 Å². The summed E-state index contributed by atoms with van der Waals surface area (Å²) in [5.41, 5.74) is -1.97. The number of benzene rings is 1. The Hall–Kier alpha value is -1.96. The number of esters is 1. The number of carbonyl (C=O) groups excluding carboxylic acids is 2. The Bertz CT molecular complexity index is 615. The van der Waals surface area contributed by atoms with E-state index in [9.17, 15) is 22.8 Å². The van der Waals surface area contributed by atoms with Gasteiger partial charge in [0.1, 0.15) is 5.54 Å². The maximum atomic E-state index is 12.5. The second-order valence-corrected chi connectivity index (χ2v) is 5.25. The third-order valence-electron chi connectivity index (χ3n) is 3.22. The molecule has 1 aromatic carbocycles. The lowest BCUT2D eigenvalue weighted by Gasteiger charge is -2.16. The van der Waals surface area contributed by atoms with Crippen LogP contribution in [0.1, 0.15) is 18.4 Å². The number of amides is 2. The van der Waals surface area contributed by atoms with Crippen LogP contribution in [0.4, 0.5) is 23.7 Å². The lowest BCUT2D eigenvalue weighted by atomic mass is 10.2. The first-order valence-corrected chi connectivity index (χ1v) is 6.60. The van der Waals surface area contributed by atoms with Gasteiger partial charge in [-0.15, -0.1) is 0 Å². The minimum Gasteiger partial charge on any atom is -0.467 e. The first-order chi connectivity index (χ1) is 10.2. The average Bonchev–Trinajstić information content (AvgIpc) is 3.19. The van der Waals surface area contributed by atoms with Crippen molar-refractivity contribution in [2.24, 2.45) is 0 Å². The van der Waals surface area contributed by atoms with Crippen LogP contribution in [0, 0.1) is 0 Å². The van der Waals surface area contributed by atoms with Gasteiger partial charge in [-0.1, -0.05) is 11.6 Å². The Morgan fingerprint density at radius 2 is 1.95 bits per heavy atom. The number of halogens is 4. The summed E-state index contributed by atoms with van der Waals surface area (Å²) in [6, 6.07) is 1.81. The van der Waals surface area contributed by atoms with Gasteiger partial charge < -0.3 is 15.4 Å². The molecule has 1 aliphatic carbocycles. The van der Waals surface area contributed by atoms with Crippen molar-refractivity contribution in [3.8, 4) is 0 Å². The van der Waals surface area contributed by atoms with Crippen molar-refractivity contribution in [1.29, 1.82) is 0 Å². The highest BCUT2D eigenvalue weighted by Gasteiger charge is 2.52. The second kappa shape index (κ2) is 5.68. The average molecular weight is 337 g/mol. The fraction of sp³-hybridized carbons (Fsp3) is 0.385. The van der Waals surface area contributed by atoms with Gasteiger partial charge in [0, 0.05) is 0 Å². The Labute approximate surface area is 128 Å². The van der Waals surface area contributed by atoms with Gasteiger partial charge in [-0.2, -0.15) is 13.2 Å². The molecule has 2 amide bonds. The van der Waals surface area contributed by atoms with Gasteiger partial charge in [0.05, 0.1) is 23.4 Å². The number of methoxy groups -OCH3 is 1. The van der Waals surface area contributed by atoms with E-state index in [0.717, 1.165) is 12.1 Å². The van der Waals surface area contributed by atoms with E-state index in [2.05, 4.69) is 15.4 Å². The summed E-state index contributed by atoms with van der Waals surface area (Å²) in [7, 11) is 1.20. The maximum absolute atomic E-state index is 12.5. The Morgan fingerprint density at radius 1 is 1.32 bits per heavy atom. The third kappa shape index (κ3) is 3.44. The molecule has 1 saturated carbocycles. The summed E-state index contributed by atoms with van der Waals surface area (Å²) < 4.78 is 42.1. The highest BCUT2D eigenvalue weighted by molar-refractivity contribution is 6.33. The summed E-state index contributed by atoms with van der Waals surface area (Å²) in [6.45, 7) is 0. The summed E-state index contributed by atoms with van der Waals surface area (Å²) >= 11 is 5.72. The third-order valence-corrected chi connectivity index (χ3v) is 3.54. The van der Waals surface area contributed by atoms with Crippen LogP contribution in [-0.2, 0) is 15.7 Å². The summed E-state index contributed by atoms with van der Waals surface area (Å²) in [5, 5.41) is 4.48. The topological polar surface area (TPSA) is 67.4 Å². The SMILES string of the molecule is COC(=O)C1(NC(=O)Nc2ccc(C(F)(F)F)cc2Cl)CC1. The van der Waals surface area contributed by atoms with Crippen LogP contribution in [0.15, 0.2) is 18.2 Å². The van der Waals surface area contributed by atoms with Crippen molar-refractivity contribution in [2.45, 2.75) is 24.6 Å². The molecule has 120 valence electrons. The van der Waals surface area contributed by atoms with E-state index in [-0.39, 0.29) is 10.7 Å². The summed E-state index contributed by atoms with van der Waals surface area (Å²) in [4.78, 5) is 23.3. The largest absolute Gasteiger partial charge is 0.467 e. The number of hydrogen-bond donors (Lipinski definition) is 2. The van der Waals surface area contributed by atoms with Crippen LogP contribution in [0.25, 0.3) is 0 Å². The number of alkyl halides is 3. The highest BCUT2D eigenvalue weighted by atomic mass is 35.5. The monoisotopic (exact) mass is 336 g/mol. The summed E-state index contributed by atoms with van der Waals surface area (Å²) in [6.07, 6.45) is -3.64. The minimum absolute atomic E-state index is 0.00725. The predicted octanol–water partition coefficient (Wildman–Crippen LogP) is 3.19. The van der Waals surface area contributed by atoms with Crippen LogP contribution in [-0.4, -0.2) is 24.6 Å². The molecule has 0 atom stereocenters. The number of ether oxygens (including phenoxy) is 1. The fourth-order valence-electron chi connectivity index (χ4n) is 1.86. The Kier molecular flexibility index (Phi) is 4.23. The molecule has 9 heteroatoms. The fourth-order valence-corrected chi connectivity index (χ4v) is 2.09. The molecule has 5 nitrogen and oxygen atoms in total. The molecule has 0 heterocycles. The van der Waals surface area contributed by atoms with Gasteiger partial charge in [0.15, 0.2) is 0 Å². The maximum Gasteiger partial charge on any atom is 0.416 e. The Balaban J connectivity index is 2.05. The molecule has 0 unspecified atom stereocenters. The summed E-state index contributed by atoms with van der Waals surface area (Å²) in [5.74, 6) is -0.568. The molecule has 0 radical (unpaired) electrons. The standard InChI is InChI=1S/C13H12ClF3N2O3/c1-22-10(20)12(4-5-12)19-11(21)18-9-3-2-7(6-8(9)14)13(15,16)17/h2-3,6H,4-5H2,1H3,(H2,18,19,21). The van der Waals surface area contributed by atoms with E-state index in [1.807, 2.05) is 0 Å². The number of nitrogens with one attached hydrogen (secondary N) is 2. The lowest BCUT2D eigenvalue weighted by Crippen LogP contribution is -2.45. The molecule has 0 saturated heterocycles. The number of urea groups is 1. The van der Waals surface area contributed by atoms with E-state index in [1.165, 1.54) is 7.11 Å². The second-order valence-electron chi connectivity index (χ2n) is 4.85. The Morgan fingerprint density at radius 3 is 2.41 bits per heavy atom. The van der Waals surface area contributed by atoms with Crippen LogP contribution in [0.5, 0.6) is 0 Å². The van der Waals surface area contributed by atoms with Crippen molar-refractivity contribution >= 4 is 29.3 Å². The molecule has 22 heavy (non-hydrogen) atoms. The van der Waals surface area contributed by atoms with Gasteiger partial charge in [-0.05, 0) is 31.0 Å². The number of hydrogen-bond acceptors (Lipinski definition) is 3. The molecular formula is C13H12ClF3N2O3. The smallest absolute Gasteiger partial charge is 0.416 e. The number of rotatable bonds is 3. The zero-order valence-electron chi connectivity index (χ0n) is 11.4. The minimum atomic E-state index is -4.52. The van der Waals surface area contributed by atoms with Crippen LogP contribution in [0.3, 0.4) is 0 Å². The van der Waals surface area contributed by atoms with Crippen LogP contribution in [0.2, 0.25) is 5.02 Å². The van der Waals surface area contributed by atoms with Gasteiger partial charge >= 0.3 is 18.2 Å². The van der Waals surface area contributed by atoms with E-state index in [4.69, 9.17) is 11.6 Å². The normalized spacial score (nSPS) is 15.9. The number of anilines is 1. The molecule has 1 aliphatic rings. The van der Waals surface area contributed by atoms with Crippen molar-refractivity contribution < 1.29 is 27.5 Å². The molecule has 0 aliphatic heterocycles. The van der Waals surface area contributed by atoms with Gasteiger partial charge in [-0.3, -0.25) is 0 Å². The molecule has 1 fully saturated rings. The quantitative estimate of drug-likeness (QED) is 0.833. The highest BCUT2D eigenvalue weighted by Crippen LogP contribution is 2.37. The van der Waals surface area contributed by atoms with Crippen molar-refractivity contribution in [3.05, 3.63) is 28.8 Å². The van der Waals surface area contributed by atoms with Gasteiger partial charge in [-0.25, -0.2) is 9.59 Å². The van der Waals surface area contributed by atoms with Crippen molar-refractivity contribution in [3.63, 3.8) is 0 Å².